The Morgan fingerprint density at radius 1 is 1.47 bits per heavy atom. The maximum absolute atomic E-state index is 11.1. The van der Waals surface area contributed by atoms with Crippen LogP contribution in [0.3, 0.4) is 0 Å². The zero-order valence-electron chi connectivity index (χ0n) is 8.88. The van der Waals surface area contributed by atoms with Crippen LogP contribution in [0.2, 0.25) is 0 Å². The highest BCUT2D eigenvalue weighted by atomic mass is 16.4. The van der Waals surface area contributed by atoms with Crippen LogP contribution in [0.5, 0.6) is 0 Å². The molecule has 0 radical (unpaired) electrons. The Balaban J connectivity index is 2.76. The van der Waals surface area contributed by atoms with Crippen molar-refractivity contribution in [2.24, 2.45) is 0 Å². The molecule has 0 spiro atoms. The molecule has 0 saturated heterocycles. The number of amides is 1. The Bertz CT molecular complexity index is 501. The summed E-state index contributed by atoms with van der Waals surface area (Å²) >= 11 is 0. The fourth-order valence-corrected chi connectivity index (χ4v) is 1.16. The molecule has 0 saturated carbocycles. The van der Waals surface area contributed by atoms with Gasteiger partial charge in [0.2, 0.25) is 5.91 Å². The number of carboxylic acid groups (broad SMARTS) is 1. The number of aliphatic carboxylic acids is 1. The lowest BCUT2D eigenvalue weighted by atomic mass is 10.2. The molecule has 0 aliphatic rings. The fraction of sp³-hybridized carbons (Fsp3) is 0.0833. The molecule has 0 aromatic heterocycles. The Labute approximate surface area is 98.0 Å². The molecule has 0 aliphatic carbocycles. The topological polar surface area (TPSA) is 90.2 Å². The van der Waals surface area contributed by atoms with Crippen LogP contribution in [0.25, 0.3) is 6.08 Å². The second kappa shape index (κ2) is 6.08. The predicted octanol–water partition coefficient (Wildman–Crippen LogP) is 1.64. The normalized spacial score (nSPS) is 9.82. The van der Waals surface area contributed by atoms with Gasteiger partial charge in [-0.15, -0.1) is 0 Å². The number of benzene rings is 1. The first kappa shape index (κ1) is 12.5. The summed E-state index contributed by atoms with van der Waals surface area (Å²) in [6.45, 7) is 0. The van der Waals surface area contributed by atoms with Crippen LogP contribution in [0.4, 0.5) is 5.69 Å². The van der Waals surface area contributed by atoms with E-state index >= 15 is 0 Å². The van der Waals surface area contributed by atoms with Crippen molar-refractivity contribution in [2.45, 2.75) is 6.42 Å². The minimum atomic E-state index is -1.04. The SMILES string of the molecule is N#CCC(=O)Nc1cccc(C=CC(=O)O)c1. The number of rotatable bonds is 4. The van der Waals surface area contributed by atoms with Crippen LogP contribution >= 0.6 is 0 Å². The average molecular weight is 230 g/mol. The van der Waals surface area contributed by atoms with Crippen molar-refractivity contribution >= 4 is 23.6 Å². The van der Waals surface area contributed by atoms with Gasteiger partial charge in [-0.05, 0) is 23.8 Å². The molecule has 0 unspecified atom stereocenters. The molecule has 1 rings (SSSR count). The Morgan fingerprint density at radius 3 is 2.88 bits per heavy atom. The second-order valence-electron chi connectivity index (χ2n) is 3.18. The van der Waals surface area contributed by atoms with E-state index in [4.69, 9.17) is 10.4 Å². The molecule has 5 nitrogen and oxygen atoms in total. The molecule has 1 aromatic carbocycles. The van der Waals surface area contributed by atoms with Gasteiger partial charge in [0.25, 0.3) is 0 Å². The summed E-state index contributed by atoms with van der Waals surface area (Å²) < 4.78 is 0. The van der Waals surface area contributed by atoms with Crippen LogP contribution in [0, 0.1) is 11.3 Å². The number of carbonyl (C=O) groups is 2. The molecule has 0 heterocycles. The zero-order valence-corrected chi connectivity index (χ0v) is 8.88. The van der Waals surface area contributed by atoms with Crippen molar-refractivity contribution in [3.8, 4) is 6.07 Å². The summed E-state index contributed by atoms with van der Waals surface area (Å²) in [5.74, 6) is -1.43. The van der Waals surface area contributed by atoms with E-state index in [1.165, 1.54) is 6.08 Å². The van der Waals surface area contributed by atoms with Crippen LogP contribution in [0.15, 0.2) is 30.3 Å². The van der Waals surface area contributed by atoms with Gasteiger partial charge in [0.1, 0.15) is 6.42 Å². The molecule has 5 heteroatoms. The van der Waals surface area contributed by atoms with Crippen molar-refractivity contribution < 1.29 is 14.7 Å². The van der Waals surface area contributed by atoms with E-state index in [1.54, 1.807) is 30.3 Å². The minimum Gasteiger partial charge on any atom is -0.478 e. The molecular weight excluding hydrogens is 220 g/mol. The number of carbonyl (C=O) groups excluding carboxylic acids is 1. The number of anilines is 1. The summed E-state index contributed by atoms with van der Waals surface area (Å²) in [6, 6.07) is 8.41. The third-order valence-corrected chi connectivity index (χ3v) is 1.83. The Morgan fingerprint density at radius 2 is 2.24 bits per heavy atom. The first-order chi connectivity index (χ1) is 8.11. The van der Waals surface area contributed by atoms with Crippen molar-refractivity contribution in [2.75, 3.05) is 5.32 Å². The second-order valence-corrected chi connectivity index (χ2v) is 3.18. The molecule has 1 aromatic rings. The first-order valence-electron chi connectivity index (χ1n) is 4.79. The van der Waals surface area contributed by atoms with E-state index in [2.05, 4.69) is 5.32 Å². The fourth-order valence-electron chi connectivity index (χ4n) is 1.16. The van der Waals surface area contributed by atoms with Gasteiger partial charge in [-0.1, -0.05) is 12.1 Å². The number of nitrogens with zero attached hydrogens (tertiary/aromatic N) is 1. The Kier molecular flexibility index (Phi) is 4.45. The van der Waals surface area contributed by atoms with E-state index in [0.29, 0.717) is 11.3 Å². The molecule has 17 heavy (non-hydrogen) atoms. The van der Waals surface area contributed by atoms with E-state index in [9.17, 15) is 9.59 Å². The van der Waals surface area contributed by atoms with Crippen LogP contribution in [0.1, 0.15) is 12.0 Å². The number of nitrogens with one attached hydrogen (secondary N) is 1. The number of nitriles is 1. The van der Waals surface area contributed by atoms with E-state index in [1.807, 2.05) is 0 Å². The minimum absolute atomic E-state index is 0.213. The van der Waals surface area contributed by atoms with Gasteiger partial charge in [-0.25, -0.2) is 4.79 Å². The molecule has 0 fully saturated rings. The number of hydrogen-bond acceptors (Lipinski definition) is 3. The zero-order chi connectivity index (χ0) is 12.7. The van der Waals surface area contributed by atoms with Crippen molar-refractivity contribution in [3.05, 3.63) is 35.9 Å². The third-order valence-electron chi connectivity index (χ3n) is 1.83. The van der Waals surface area contributed by atoms with Gasteiger partial charge in [0.15, 0.2) is 0 Å². The maximum Gasteiger partial charge on any atom is 0.328 e. The van der Waals surface area contributed by atoms with Gasteiger partial charge in [0.05, 0.1) is 6.07 Å². The Hall–Kier alpha value is -2.61. The van der Waals surface area contributed by atoms with Crippen LogP contribution in [-0.2, 0) is 9.59 Å². The highest BCUT2D eigenvalue weighted by molar-refractivity contribution is 5.92. The van der Waals surface area contributed by atoms with Gasteiger partial charge in [-0.3, -0.25) is 4.79 Å². The lowest BCUT2D eigenvalue weighted by Crippen LogP contribution is -2.09. The van der Waals surface area contributed by atoms with Gasteiger partial charge >= 0.3 is 5.97 Å². The van der Waals surface area contributed by atoms with Crippen LogP contribution < -0.4 is 5.32 Å². The molecule has 86 valence electrons. The first-order valence-corrected chi connectivity index (χ1v) is 4.79. The molecule has 0 bridgehead atoms. The summed E-state index contributed by atoms with van der Waals surface area (Å²) in [5, 5.41) is 19.3. The number of carboxylic acids is 1. The molecule has 1 amide bonds. The lowest BCUT2D eigenvalue weighted by Gasteiger charge is -2.03. The van der Waals surface area contributed by atoms with E-state index in [-0.39, 0.29) is 6.42 Å². The standard InChI is InChI=1S/C12H10N2O3/c13-7-6-11(15)14-10-3-1-2-9(8-10)4-5-12(16)17/h1-5,8H,6H2,(H,14,15)(H,16,17). The highest BCUT2D eigenvalue weighted by Gasteiger charge is 2.00. The summed E-state index contributed by atoms with van der Waals surface area (Å²) in [4.78, 5) is 21.5. The van der Waals surface area contributed by atoms with Gasteiger partial charge < -0.3 is 10.4 Å². The van der Waals surface area contributed by atoms with E-state index in [0.717, 1.165) is 6.08 Å². The largest absolute Gasteiger partial charge is 0.478 e. The quantitative estimate of drug-likeness (QED) is 0.769. The molecule has 0 atom stereocenters. The lowest BCUT2D eigenvalue weighted by molar-refractivity contribution is -0.131. The van der Waals surface area contributed by atoms with Gasteiger partial charge in [-0.2, -0.15) is 5.26 Å². The van der Waals surface area contributed by atoms with Crippen LogP contribution in [-0.4, -0.2) is 17.0 Å². The summed E-state index contributed by atoms with van der Waals surface area (Å²) in [7, 11) is 0. The third kappa shape index (κ3) is 4.62. The van der Waals surface area contributed by atoms with Gasteiger partial charge in [0, 0.05) is 11.8 Å². The van der Waals surface area contributed by atoms with E-state index < -0.39 is 11.9 Å². The maximum atomic E-state index is 11.1. The summed E-state index contributed by atoms with van der Waals surface area (Å²) in [6.07, 6.45) is 2.22. The highest BCUT2D eigenvalue weighted by Crippen LogP contribution is 2.12. The average Bonchev–Trinajstić information content (AvgIpc) is 2.27. The van der Waals surface area contributed by atoms with Crippen molar-refractivity contribution in [1.82, 2.24) is 0 Å². The monoisotopic (exact) mass is 230 g/mol. The van der Waals surface area contributed by atoms with Crippen molar-refractivity contribution in [3.63, 3.8) is 0 Å². The number of hydrogen-bond donors (Lipinski definition) is 2. The van der Waals surface area contributed by atoms with Crippen molar-refractivity contribution in [1.29, 1.82) is 5.26 Å². The summed E-state index contributed by atoms with van der Waals surface area (Å²) in [5.41, 5.74) is 1.18. The predicted molar refractivity (Wildman–Crippen MR) is 62.0 cm³/mol. The smallest absolute Gasteiger partial charge is 0.328 e. The molecule has 2 N–H and O–H groups in total. The molecular formula is C12H10N2O3. The molecule has 0 aliphatic heterocycles.